The zero-order valence-corrected chi connectivity index (χ0v) is 17.8. The number of aryl methyl sites for hydroxylation is 1. The first-order valence-electron chi connectivity index (χ1n) is 11.0. The minimum atomic E-state index is 0.0242. The zero-order chi connectivity index (χ0) is 20.7. The fourth-order valence-electron chi connectivity index (χ4n) is 4.96. The van der Waals surface area contributed by atoms with Gasteiger partial charge in [0.05, 0.1) is 11.8 Å². The number of para-hydroxylation sites is 1. The molecule has 3 aliphatic rings. The molecule has 1 aromatic carbocycles. The number of hydrogen-bond donors (Lipinski definition) is 1. The number of nitrogens with one attached hydrogen (secondary N) is 1. The van der Waals surface area contributed by atoms with Crippen molar-refractivity contribution >= 4 is 5.91 Å². The van der Waals surface area contributed by atoms with E-state index in [1.807, 2.05) is 23.7 Å². The highest BCUT2D eigenvalue weighted by molar-refractivity contribution is 5.95. The number of ether oxygens (including phenoxy) is 2. The van der Waals surface area contributed by atoms with Gasteiger partial charge in [0.15, 0.2) is 11.5 Å². The Kier molecular flexibility index (Phi) is 4.93. The number of amides is 1. The Hall–Kier alpha value is -2.54. The molecule has 5 rings (SSSR count). The van der Waals surface area contributed by atoms with Gasteiger partial charge < -0.3 is 14.8 Å². The van der Waals surface area contributed by atoms with E-state index in [2.05, 4.69) is 28.3 Å². The number of aromatic nitrogens is 2. The first-order valence-corrected chi connectivity index (χ1v) is 11.0. The van der Waals surface area contributed by atoms with Gasteiger partial charge in [0.2, 0.25) is 6.79 Å². The number of fused-ring (bicyclic) bond motifs is 1. The lowest BCUT2D eigenvalue weighted by Crippen LogP contribution is -2.38. The molecule has 2 aromatic rings. The second kappa shape index (κ2) is 7.61. The van der Waals surface area contributed by atoms with Crippen LogP contribution in [-0.4, -0.2) is 46.5 Å². The van der Waals surface area contributed by atoms with E-state index in [0.717, 1.165) is 69.1 Å². The van der Waals surface area contributed by atoms with Crippen LogP contribution in [0.5, 0.6) is 11.5 Å². The minimum Gasteiger partial charge on any atom is -0.454 e. The molecule has 1 spiro atoms. The molecular formula is C23H30N4O3. The molecular weight excluding hydrogens is 380 g/mol. The van der Waals surface area contributed by atoms with Crippen molar-refractivity contribution in [2.75, 3.05) is 19.9 Å². The summed E-state index contributed by atoms with van der Waals surface area (Å²) >= 11 is 0. The maximum Gasteiger partial charge on any atom is 0.254 e. The van der Waals surface area contributed by atoms with Gasteiger partial charge in [-0.2, -0.15) is 5.10 Å². The van der Waals surface area contributed by atoms with E-state index in [4.69, 9.17) is 9.47 Å². The number of carbonyl (C=O) groups excluding carboxylic acids is 1. The first kappa shape index (κ1) is 19.4. The summed E-state index contributed by atoms with van der Waals surface area (Å²) in [5.74, 6) is 1.77. The summed E-state index contributed by atoms with van der Waals surface area (Å²) in [6.45, 7) is 8.24. The molecule has 7 heteroatoms. The van der Waals surface area contributed by atoms with E-state index in [1.165, 1.54) is 5.56 Å². The summed E-state index contributed by atoms with van der Waals surface area (Å²) in [6.07, 6.45) is 6.06. The predicted octanol–water partition coefficient (Wildman–Crippen LogP) is 3.11. The fourth-order valence-corrected chi connectivity index (χ4v) is 4.96. The minimum absolute atomic E-state index is 0.0242. The van der Waals surface area contributed by atoms with Crippen LogP contribution in [0.3, 0.4) is 0 Å². The van der Waals surface area contributed by atoms with E-state index < -0.39 is 0 Å². The normalized spacial score (nSPS) is 21.7. The Morgan fingerprint density at radius 1 is 1.30 bits per heavy atom. The van der Waals surface area contributed by atoms with Gasteiger partial charge in [-0.05, 0) is 57.2 Å². The largest absolute Gasteiger partial charge is 0.454 e. The van der Waals surface area contributed by atoms with Crippen LogP contribution in [0, 0.1) is 12.3 Å². The first-order chi connectivity index (χ1) is 14.6. The number of hydrogen-bond acceptors (Lipinski definition) is 5. The number of nitrogens with zero attached hydrogens (tertiary/aromatic N) is 3. The van der Waals surface area contributed by atoms with Crippen molar-refractivity contribution in [1.82, 2.24) is 20.0 Å². The van der Waals surface area contributed by atoms with Gasteiger partial charge in [-0.3, -0.25) is 14.4 Å². The molecule has 160 valence electrons. The second-order valence-electron chi connectivity index (χ2n) is 8.89. The van der Waals surface area contributed by atoms with Crippen LogP contribution in [0.2, 0.25) is 0 Å². The van der Waals surface area contributed by atoms with Crippen molar-refractivity contribution in [1.29, 1.82) is 0 Å². The molecule has 2 aliphatic heterocycles. The molecule has 1 N–H and O–H groups in total. The van der Waals surface area contributed by atoms with Gasteiger partial charge in [0.25, 0.3) is 5.91 Å². The van der Waals surface area contributed by atoms with Gasteiger partial charge in [0.1, 0.15) is 0 Å². The third-order valence-corrected chi connectivity index (χ3v) is 7.00. The molecule has 1 saturated heterocycles. The Balaban J connectivity index is 1.15. The monoisotopic (exact) mass is 410 g/mol. The molecule has 30 heavy (non-hydrogen) atoms. The topological polar surface area (TPSA) is 68.6 Å². The Labute approximate surface area is 177 Å². The summed E-state index contributed by atoms with van der Waals surface area (Å²) < 4.78 is 13.1. The maximum atomic E-state index is 12.8. The highest BCUT2D eigenvalue weighted by Gasteiger charge is 2.55. The smallest absolute Gasteiger partial charge is 0.254 e. The molecule has 1 atom stereocenters. The van der Waals surface area contributed by atoms with E-state index in [0.29, 0.717) is 18.4 Å². The lowest BCUT2D eigenvalue weighted by atomic mass is 9.92. The molecule has 1 saturated carbocycles. The van der Waals surface area contributed by atoms with Crippen molar-refractivity contribution in [3.8, 4) is 11.5 Å². The third kappa shape index (κ3) is 3.45. The van der Waals surface area contributed by atoms with Crippen LogP contribution in [0.4, 0.5) is 0 Å². The summed E-state index contributed by atoms with van der Waals surface area (Å²) in [5, 5.41) is 7.64. The van der Waals surface area contributed by atoms with E-state index in [9.17, 15) is 4.79 Å². The fraction of sp³-hybridized carbons (Fsp3) is 0.565. The van der Waals surface area contributed by atoms with E-state index in [-0.39, 0.29) is 11.3 Å². The van der Waals surface area contributed by atoms with Crippen molar-refractivity contribution in [3.05, 3.63) is 41.2 Å². The maximum absolute atomic E-state index is 12.8. The number of benzene rings is 1. The van der Waals surface area contributed by atoms with Crippen LogP contribution in [0.15, 0.2) is 24.4 Å². The summed E-state index contributed by atoms with van der Waals surface area (Å²) in [5.41, 5.74) is 3.14. The van der Waals surface area contributed by atoms with Crippen LogP contribution in [0.1, 0.15) is 54.2 Å². The molecule has 1 aromatic heterocycles. The highest BCUT2D eigenvalue weighted by atomic mass is 16.7. The van der Waals surface area contributed by atoms with Gasteiger partial charge in [-0.15, -0.1) is 0 Å². The average Bonchev–Trinajstić information content (AvgIpc) is 3.08. The Morgan fingerprint density at radius 3 is 2.93 bits per heavy atom. The molecule has 1 amide bonds. The van der Waals surface area contributed by atoms with Crippen LogP contribution in [0.25, 0.3) is 0 Å². The molecule has 1 aliphatic carbocycles. The number of piperidine rings is 1. The standard InChI is InChI=1S/C23H30N4O3/c1-3-9-27-16(2)18(13-24-27)22(28)25-20-12-23(20)7-10-26(11-8-23)14-17-5-4-6-19-21(17)30-15-29-19/h4-6,13,20H,3,7-12,14-15H2,1-2H3,(H,25,28). The quantitative estimate of drug-likeness (QED) is 0.793. The highest BCUT2D eigenvalue weighted by Crippen LogP contribution is 2.54. The van der Waals surface area contributed by atoms with Crippen molar-refractivity contribution in [2.24, 2.45) is 5.41 Å². The van der Waals surface area contributed by atoms with Crippen LogP contribution in [-0.2, 0) is 13.1 Å². The molecule has 0 radical (unpaired) electrons. The summed E-state index contributed by atoms with van der Waals surface area (Å²) in [7, 11) is 0. The Bertz CT molecular complexity index is 946. The van der Waals surface area contributed by atoms with Crippen LogP contribution < -0.4 is 14.8 Å². The van der Waals surface area contributed by atoms with Crippen molar-refractivity contribution in [3.63, 3.8) is 0 Å². The summed E-state index contributed by atoms with van der Waals surface area (Å²) in [4.78, 5) is 15.3. The third-order valence-electron chi connectivity index (χ3n) is 7.00. The molecule has 1 unspecified atom stereocenters. The lowest BCUT2D eigenvalue weighted by Gasteiger charge is -2.33. The molecule has 7 nitrogen and oxygen atoms in total. The van der Waals surface area contributed by atoms with Gasteiger partial charge in [-0.25, -0.2) is 0 Å². The summed E-state index contributed by atoms with van der Waals surface area (Å²) in [6, 6.07) is 6.41. The van der Waals surface area contributed by atoms with Gasteiger partial charge in [-0.1, -0.05) is 19.1 Å². The molecule has 3 heterocycles. The molecule has 2 fully saturated rings. The second-order valence-corrected chi connectivity index (χ2v) is 8.89. The number of carbonyl (C=O) groups is 1. The van der Waals surface area contributed by atoms with E-state index >= 15 is 0 Å². The lowest BCUT2D eigenvalue weighted by molar-refractivity contribution is 0.0933. The number of rotatable bonds is 6. The SMILES string of the molecule is CCCn1ncc(C(=O)NC2CC23CCN(Cc2cccc4c2OCO4)CC3)c1C. The zero-order valence-electron chi connectivity index (χ0n) is 17.8. The number of likely N-dealkylation sites (tertiary alicyclic amines) is 1. The van der Waals surface area contributed by atoms with Crippen LogP contribution >= 0.6 is 0 Å². The van der Waals surface area contributed by atoms with Gasteiger partial charge >= 0.3 is 0 Å². The Morgan fingerprint density at radius 2 is 2.13 bits per heavy atom. The van der Waals surface area contributed by atoms with Crippen molar-refractivity contribution in [2.45, 2.75) is 58.7 Å². The molecule has 0 bridgehead atoms. The van der Waals surface area contributed by atoms with Crippen molar-refractivity contribution < 1.29 is 14.3 Å². The van der Waals surface area contributed by atoms with Gasteiger partial charge in [0, 0.05) is 30.4 Å². The van der Waals surface area contributed by atoms with E-state index in [1.54, 1.807) is 6.20 Å². The predicted molar refractivity (Wildman–Crippen MR) is 113 cm³/mol. The average molecular weight is 411 g/mol.